The van der Waals surface area contributed by atoms with Crippen molar-refractivity contribution < 1.29 is 36.8 Å². The lowest BCUT2D eigenvalue weighted by Gasteiger charge is -2.12. The van der Waals surface area contributed by atoms with Crippen LogP contribution < -0.4 is 20.1 Å². The molecule has 11 nitrogen and oxygen atoms in total. The highest BCUT2D eigenvalue weighted by Gasteiger charge is 2.38. The Hall–Kier alpha value is -4.62. The first kappa shape index (κ1) is 27.4. The third kappa shape index (κ3) is 6.45. The Morgan fingerprint density at radius 2 is 1.64 bits per heavy atom. The third-order valence-corrected chi connectivity index (χ3v) is 5.37. The standard InChI is InChI=1S/C25H25F3N6O5/c1-3-37-18-10-9-15(13-19(18)38-4-2)21(35)29-11-12-30-22(36)23-32-20(33-39-23)14-34-17-8-6-5-7-16(17)31-24(34)25(26,27)28/h5-10,13H,3-4,11-12,14H2,1-2H3,(H,29,35)(H,30,36). The summed E-state index contributed by atoms with van der Waals surface area (Å²) in [5.41, 5.74) is 0.741. The number of ether oxygens (including phenoxy) is 2. The number of rotatable bonds is 11. The van der Waals surface area contributed by atoms with Crippen LogP contribution in [0.4, 0.5) is 13.2 Å². The Morgan fingerprint density at radius 3 is 2.36 bits per heavy atom. The molecule has 0 bridgehead atoms. The minimum Gasteiger partial charge on any atom is -0.490 e. The van der Waals surface area contributed by atoms with Crippen molar-refractivity contribution in [2.24, 2.45) is 0 Å². The average Bonchev–Trinajstić information content (AvgIpc) is 3.53. The topological polar surface area (TPSA) is 133 Å². The van der Waals surface area contributed by atoms with Crippen LogP contribution in [-0.4, -0.2) is 57.8 Å². The summed E-state index contributed by atoms with van der Waals surface area (Å²) in [5, 5.41) is 8.80. The summed E-state index contributed by atoms with van der Waals surface area (Å²) in [4.78, 5) is 32.4. The zero-order chi connectivity index (χ0) is 28.0. The number of benzene rings is 2. The van der Waals surface area contributed by atoms with Crippen molar-refractivity contribution in [1.29, 1.82) is 0 Å². The summed E-state index contributed by atoms with van der Waals surface area (Å²) >= 11 is 0. The first-order valence-corrected chi connectivity index (χ1v) is 12.0. The minimum absolute atomic E-state index is 0.0298. The highest BCUT2D eigenvalue weighted by atomic mass is 19.4. The largest absolute Gasteiger partial charge is 0.490 e. The molecule has 0 unspecified atom stereocenters. The number of aromatic nitrogens is 4. The quantitative estimate of drug-likeness (QED) is 0.274. The zero-order valence-electron chi connectivity index (χ0n) is 21.0. The van der Waals surface area contributed by atoms with Crippen molar-refractivity contribution in [2.45, 2.75) is 26.6 Å². The van der Waals surface area contributed by atoms with Crippen LogP contribution in [-0.2, 0) is 12.7 Å². The van der Waals surface area contributed by atoms with Gasteiger partial charge in [0.1, 0.15) is 0 Å². The Bertz CT molecular complexity index is 1470. The van der Waals surface area contributed by atoms with E-state index in [1.807, 2.05) is 13.8 Å². The van der Waals surface area contributed by atoms with E-state index < -0.39 is 30.3 Å². The van der Waals surface area contributed by atoms with Gasteiger partial charge in [-0.15, -0.1) is 0 Å². The smallest absolute Gasteiger partial charge is 0.449 e. The summed E-state index contributed by atoms with van der Waals surface area (Å²) in [6.07, 6.45) is -4.71. The van der Waals surface area contributed by atoms with Crippen molar-refractivity contribution in [3.05, 3.63) is 65.6 Å². The molecule has 2 aromatic heterocycles. The number of hydrogen-bond acceptors (Lipinski definition) is 8. The molecule has 0 saturated carbocycles. The van der Waals surface area contributed by atoms with Crippen LogP contribution in [0.1, 0.15) is 46.5 Å². The summed E-state index contributed by atoms with van der Waals surface area (Å²) in [6.45, 7) is 4.20. The van der Waals surface area contributed by atoms with Crippen molar-refractivity contribution >= 4 is 22.8 Å². The lowest BCUT2D eigenvalue weighted by molar-refractivity contribution is -0.146. The molecule has 0 atom stereocenters. The third-order valence-electron chi connectivity index (χ3n) is 5.37. The molecule has 4 rings (SSSR count). The average molecular weight is 547 g/mol. The second-order valence-corrected chi connectivity index (χ2v) is 8.06. The molecule has 2 heterocycles. The van der Waals surface area contributed by atoms with Gasteiger partial charge in [0.05, 0.1) is 30.8 Å². The zero-order valence-corrected chi connectivity index (χ0v) is 21.0. The molecule has 0 fully saturated rings. The molecular formula is C25H25F3N6O5. The number of nitrogens with zero attached hydrogens (tertiary/aromatic N) is 4. The first-order valence-electron chi connectivity index (χ1n) is 12.0. The Morgan fingerprint density at radius 1 is 0.949 bits per heavy atom. The monoisotopic (exact) mass is 546 g/mol. The molecule has 0 saturated heterocycles. The summed E-state index contributed by atoms with van der Waals surface area (Å²) in [5.74, 6) is -1.84. The van der Waals surface area contributed by atoms with Crippen molar-refractivity contribution in [3.8, 4) is 11.5 Å². The molecule has 0 aliphatic heterocycles. The van der Waals surface area contributed by atoms with Crippen LogP contribution >= 0.6 is 0 Å². The highest BCUT2D eigenvalue weighted by molar-refractivity contribution is 5.95. The molecule has 206 valence electrons. The second-order valence-electron chi connectivity index (χ2n) is 8.06. The number of fused-ring (bicyclic) bond motifs is 1. The summed E-state index contributed by atoms with van der Waals surface area (Å²) in [6, 6.07) is 10.9. The van der Waals surface area contributed by atoms with Crippen molar-refractivity contribution in [3.63, 3.8) is 0 Å². The molecule has 2 amide bonds. The Balaban J connectivity index is 1.33. The highest BCUT2D eigenvalue weighted by Crippen LogP contribution is 2.32. The number of imidazole rings is 1. The number of hydrogen-bond donors (Lipinski definition) is 2. The van der Waals surface area contributed by atoms with Gasteiger partial charge in [-0.3, -0.25) is 9.59 Å². The van der Waals surface area contributed by atoms with Gasteiger partial charge < -0.3 is 29.2 Å². The van der Waals surface area contributed by atoms with E-state index in [-0.39, 0.29) is 35.9 Å². The number of halogens is 3. The van der Waals surface area contributed by atoms with E-state index in [1.54, 1.807) is 30.3 Å². The lowest BCUT2D eigenvalue weighted by atomic mass is 10.2. The minimum atomic E-state index is -4.71. The maximum absolute atomic E-state index is 13.5. The molecular weight excluding hydrogens is 521 g/mol. The molecule has 0 spiro atoms. The SMILES string of the molecule is CCOc1ccc(C(=O)NCCNC(=O)c2nc(Cn3c(C(F)(F)F)nc4ccccc43)no2)cc1OCC. The van der Waals surface area contributed by atoms with Crippen LogP contribution in [0.5, 0.6) is 11.5 Å². The molecule has 14 heteroatoms. The molecule has 0 aliphatic carbocycles. The van der Waals surface area contributed by atoms with Gasteiger partial charge in [-0.25, -0.2) is 4.98 Å². The molecule has 2 N–H and O–H groups in total. The van der Waals surface area contributed by atoms with E-state index in [0.29, 0.717) is 30.3 Å². The van der Waals surface area contributed by atoms with E-state index in [2.05, 4.69) is 25.8 Å². The van der Waals surface area contributed by atoms with E-state index >= 15 is 0 Å². The lowest BCUT2D eigenvalue weighted by Crippen LogP contribution is -2.34. The maximum atomic E-state index is 13.5. The van der Waals surface area contributed by atoms with E-state index in [9.17, 15) is 22.8 Å². The molecule has 4 aromatic rings. The number of para-hydroxylation sites is 2. The van der Waals surface area contributed by atoms with Crippen LogP contribution in [0.3, 0.4) is 0 Å². The van der Waals surface area contributed by atoms with Crippen LogP contribution in [0.2, 0.25) is 0 Å². The summed E-state index contributed by atoms with van der Waals surface area (Å²) in [7, 11) is 0. The number of alkyl halides is 3. The fourth-order valence-electron chi connectivity index (χ4n) is 3.73. The van der Waals surface area contributed by atoms with Gasteiger partial charge in [-0.2, -0.15) is 18.2 Å². The predicted molar refractivity (Wildman–Crippen MR) is 132 cm³/mol. The van der Waals surface area contributed by atoms with Crippen LogP contribution in [0.15, 0.2) is 47.0 Å². The van der Waals surface area contributed by atoms with Gasteiger partial charge in [0, 0.05) is 18.7 Å². The number of amides is 2. The van der Waals surface area contributed by atoms with Crippen molar-refractivity contribution in [1.82, 2.24) is 30.3 Å². The van der Waals surface area contributed by atoms with Gasteiger partial charge >= 0.3 is 18.0 Å². The number of carbonyl (C=O) groups excluding carboxylic acids is 2. The van der Waals surface area contributed by atoms with Crippen LogP contribution in [0.25, 0.3) is 11.0 Å². The second kappa shape index (κ2) is 11.8. The Kier molecular flexibility index (Phi) is 8.32. The normalized spacial score (nSPS) is 11.4. The maximum Gasteiger partial charge on any atom is 0.449 e. The van der Waals surface area contributed by atoms with Gasteiger partial charge in [0.15, 0.2) is 17.3 Å². The summed E-state index contributed by atoms with van der Waals surface area (Å²) < 4.78 is 57.4. The number of carbonyl (C=O) groups is 2. The van der Waals surface area contributed by atoms with Gasteiger partial charge in [-0.05, 0) is 44.2 Å². The fourth-order valence-corrected chi connectivity index (χ4v) is 3.73. The number of nitrogens with one attached hydrogen (secondary N) is 2. The van der Waals surface area contributed by atoms with E-state index in [4.69, 9.17) is 14.0 Å². The van der Waals surface area contributed by atoms with E-state index in [1.165, 1.54) is 12.1 Å². The van der Waals surface area contributed by atoms with Gasteiger partial charge in [-0.1, -0.05) is 17.3 Å². The molecule has 39 heavy (non-hydrogen) atoms. The van der Waals surface area contributed by atoms with Crippen LogP contribution in [0, 0.1) is 0 Å². The first-order chi connectivity index (χ1) is 18.7. The Labute approximate surface area is 220 Å². The van der Waals surface area contributed by atoms with Gasteiger partial charge in [0.25, 0.3) is 5.91 Å². The fraction of sp³-hybridized carbons (Fsp3) is 0.320. The predicted octanol–water partition coefficient (Wildman–Crippen LogP) is 3.44. The molecule has 0 aliphatic rings. The molecule has 2 aromatic carbocycles. The van der Waals surface area contributed by atoms with Crippen molar-refractivity contribution in [2.75, 3.05) is 26.3 Å². The van der Waals surface area contributed by atoms with Gasteiger partial charge in [0.2, 0.25) is 5.82 Å². The van der Waals surface area contributed by atoms with E-state index in [0.717, 1.165) is 4.57 Å². The molecule has 0 radical (unpaired) electrons.